The normalized spacial score (nSPS) is 21.8. The minimum absolute atomic E-state index is 0.165. The highest BCUT2D eigenvalue weighted by atomic mass is 28.4. The van der Waals surface area contributed by atoms with Gasteiger partial charge in [-0.25, -0.2) is 0 Å². The fourth-order valence-electron chi connectivity index (χ4n) is 1.95. The smallest absolute Gasteiger partial charge is 0.394 e. The van der Waals surface area contributed by atoms with Crippen molar-refractivity contribution in [2.75, 3.05) is 41.2 Å². The molecule has 120 valence electrons. The van der Waals surface area contributed by atoms with Gasteiger partial charge in [0.25, 0.3) is 0 Å². The second kappa shape index (κ2) is 9.06. The minimum Gasteiger partial charge on any atom is -0.394 e. The first-order valence-corrected chi connectivity index (χ1v) is 8.70. The monoisotopic (exact) mass is 310 g/mol. The first kappa shape index (κ1) is 18.0. The Morgan fingerprint density at radius 1 is 1.25 bits per heavy atom. The Morgan fingerprint density at radius 3 is 2.30 bits per heavy atom. The van der Waals surface area contributed by atoms with Gasteiger partial charge in [-0.1, -0.05) is 0 Å². The molecule has 1 fully saturated rings. The van der Waals surface area contributed by atoms with Crippen molar-refractivity contribution in [2.45, 2.75) is 37.2 Å². The van der Waals surface area contributed by atoms with E-state index in [4.69, 9.17) is 27.9 Å². The van der Waals surface area contributed by atoms with E-state index in [9.17, 15) is 5.11 Å². The summed E-state index contributed by atoms with van der Waals surface area (Å²) in [5.41, 5.74) is 0. The van der Waals surface area contributed by atoms with Gasteiger partial charge >= 0.3 is 8.80 Å². The third-order valence-corrected chi connectivity index (χ3v) is 6.14. The van der Waals surface area contributed by atoms with Crippen LogP contribution in [0.2, 0.25) is 6.04 Å². The number of aliphatic hydroxyl groups excluding tert-OH is 2. The molecule has 1 rings (SSSR count). The zero-order chi connectivity index (χ0) is 15.0. The first-order chi connectivity index (χ1) is 9.59. The molecule has 2 N–H and O–H groups in total. The predicted octanol–water partition coefficient (Wildman–Crippen LogP) is -0.218. The highest BCUT2D eigenvalue weighted by Gasteiger charge is 2.38. The molecule has 3 unspecified atom stereocenters. The molecule has 0 spiro atoms. The van der Waals surface area contributed by atoms with Crippen LogP contribution in [0.25, 0.3) is 0 Å². The number of epoxide rings is 1. The van der Waals surface area contributed by atoms with Crippen molar-refractivity contribution in [3.63, 3.8) is 0 Å². The molecule has 0 bridgehead atoms. The second-order valence-corrected chi connectivity index (χ2v) is 7.91. The minimum atomic E-state index is -2.64. The van der Waals surface area contributed by atoms with Crippen molar-refractivity contribution < 1.29 is 33.0 Å². The van der Waals surface area contributed by atoms with Crippen LogP contribution in [0, 0.1) is 0 Å². The maximum absolute atomic E-state index is 9.57. The summed E-state index contributed by atoms with van der Waals surface area (Å²) in [4.78, 5) is 0. The topological polar surface area (TPSA) is 89.9 Å². The fraction of sp³-hybridized carbons (Fsp3) is 1.00. The van der Waals surface area contributed by atoms with Crippen molar-refractivity contribution >= 4 is 8.80 Å². The van der Waals surface area contributed by atoms with Gasteiger partial charge in [0.2, 0.25) is 0 Å². The third-order valence-electron chi connectivity index (χ3n) is 3.37. The molecule has 3 atom stereocenters. The molecule has 20 heavy (non-hydrogen) atoms. The standard InChI is InChI=1S/C12H26O7Si/c1-15-20(16-2,17-3)5-4-11(6-10(14)7-13)18-8-12-9-19-12/h10-14H,4-9H2,1-3H3. The zero-order valence-corrected chi connectivity index (χ0v) is 13.4. The average Bonchev–Trinajstić information content (AvgIpc) is 3.30. The van der Waals surface area contributed by atoms with Crippen LogP contribution in [0.3, 0.4) is 0 Å². The van der Waals surface area contributed by atoms with E-state index in [1.807, 2.05) is 0 Å². The van der Waals surface area contributed by atoms with Gasteiger partial charge in [0.05, 0.1) is 32.0 Å². The maximum atomic E-state index is 9.57. The van der Waals surface area contributed by atoms with Gasteiger partial charge in [-0.05, 0) is 6.42 Å². The summed E-state index contributed by atoms with van der Waals surface area (Å²) in [6.07, 6.45) is 0.187. The summed E-state index contributed by atoms with van der Waals surface area (Å²) in [7, 11) is 2.06. The molecule has 0 aromatic rings. The summed E-state index contributed by atoms with van der Waals surface area (Å²) in [5, 5.41) is 18.5. The average molecular weight is 310 g/mol. The van der Waals surface area contributed by atoms with Crippen molar-refractivity contribution in [1.82, 2.24) is 0 Å². The van der Waals surface area contributed by atoms with Gasteiger partial charge in [0.15, 0.2) is 0 Å². The molecule has 1 saturated heterocycles. The van der Waals surface area contributed by atoms with Crippen molar-refractivity contribution in [1.29, 1.82) is 0 Å². The SMILES string of the molecule is CO[Si](CCC(CC(O)CO)OCC1CO1)(OC)OC. The van der Waals surface area contributed by atoms with Crippen LogP contribution in [-0.2, 0) is 22.8 Å². The van der Waals surface area contributed by atoms with Gasteiger partial charge in [-0.15, -0.1) is 0 Å². The summed E-state index contributed by atoms with van der Waals surface area (Å²) < 4.78 is 26.9. The molecule has 0 saturated carbocycles. The van der Waals surface area contributed by atoms with Crippen LogP contribution >= 0.6 is 0 Å². The van der Waals surface area contributed by atoms with Gasteiger partial charge < -0.3 is 33.0 Å². The van der Waals surface area contributed by atoms with Crippen molar-refractivity contribution in [3.05, 3.63) is 0 Å². The van der Waals surface area contributed by atoms with E-state index >= 15 is 0 Å². The summed E-state index contributed by atoms with van der Waals surface area (Å²) in [5.74, 6) is 0. The van der Waals surface area contributed by atoms with E-state index in [-0.39, 0.29) is 18.8 Å². The lowest BCUT2D eigenvalue weighted by atomic mass is 10.1. The predicted molar refractivity (Wildman–Crippen MR) is 73.4 cm³/mol. The Hall–Kier alpha value is -0.0631. The maximum Gasteiger partial charge on any atom is 0.500 e. The number of ether oxygens (including phenoxy) is 2. The number of hydrogen-bond donors (Lipinski definition) is 2. The Bertz CT molecular complexity index is 250. The molecule has 8 heteroatoms. The van der Waals surface area contributed by atoms with Crippen LogP contribution < -0.4 is 0 Å². The summed E-state index contributed by atoms with van der Waals surface area (Å²) in [6.45, 7) is 0.952. The Balaban J connectivity index is 2.43. The van der Waals surface area contributed by atoms with Gasteiger partial charge in [0.1, 0.15) is 6.10 Å². The van der Waals surface area contributed by atoms with E-state index in [2.05, 4.69) is 0 Å². The second-order valence-electron chi connectivity index (χ2n) is 4.82. The van der Waals surface area contributed by atoms with Crippen LogP contribution in [-0.4, -0.2) is 78.5 Å². The zero-order valence-electron chi connectivity index (χ0n) is 12.4. The van der Waals surface area contributed by atoms with Crippen LogP contribution in [0.4, 0.5) is 0 Å². The van der Waals surface area contributed by atoms with Gasteiger partial charge in [-0.3, -0.25) is 0 Å². The lowest BCUT2D eigenvalue weighted by Crippen LogP contribution is -2.43. The van der Waals surface area contributed by atoms with E-state index in [1.54, 1.807) is 21.3 Å². The molecule has 0 aromatic carbocycles. The lowest BCUT2D eigenvalue weighted by Gasteiger charge is -2.27. The van der Waals surface area contributed by atoms with Crippen LogP contribution in [0.5, 0.6) is 0 Å². The molecule has 1 heterocycles. The molecule has 1 aliphatic rings. The van der Waals surface area contributed by atoms with Crippen molar-refractivity contribution in [2.24, 2.45) is 0 Å². The molecular weight excluding hydrogens is 284 g/mol. The lowest BCUT2D eigenvalue weighted by molar-refractivity contribution is -0.0113. The molecule has 0 amide bonds. The molecular formula is C12H26O7Si. The van der Waals surface area contributed by atoms with Gasteiger partial charge in [-0.2, -0.15) is 0 Å². The fourth-order valence-corrected chi connectivity index (χ4v) is 3.74. The van der Waals surface area contributed by atoms with E-state index in [1.165, 1.54) is 0 Å². The molecule has 0 aromatic heterocycles. The van der Waals surface area contributed by atoms with Crippen LogP contribution in [0.15, 0.2) is 0 Å². The number of rotatable bonds is 12. The first-order valence-electron chi connectivity index (χ1n) is 6.76. The molecule has 0 radical (unpaired) electrons. The Kier molecular flexibility index (Phi) is 8.15. The summed E-state index contributed by atoms with van der Waals surface area (Å²) >= 11 is 0. The van der Waals surface area contributed by atoms with Gasteiger partial charge in [0, 0.05) is 33.8 Å². The number of hydrogen-bond acceptors (Lipinski definition) is 7. The highest BCUT2D eigenvalue weighted by Crippen LogP contribution is 2.21. The van der Waals surface area contributed by atoms with E-state index in [0.29, 0.717) is 25.5 Å². The molecule has 0 aliphatic carbocycles. The van der Waals surface area contributed by atoms with Crippen LogP contribution in [0.1, 0.15) is 12.8 Å². The largest absolute Gasteiger partial charge is 0.500 e. The van der Waals surface area contributed by atoms with Crippen molar-refractivity contribution in [3.8, 4) is 0 Å². The molecule has 1 aliphatic heterocycles. The third kappa shape index (κ3) is 6.14. The Labute approximate surface area is 121 Å². The number of aliphatic hydroxyl groups is 2. The summed E-state index contributed by atoms with van der Waals surface area (Å²) in [6, 6.07) is 0.588. The molecule has 7 nitrogen and oxygen atoms in total. The van der Waals surface area contributed by atoms with E-state index < -0.39 is 14.9 Å². The highest BCUT2D eigenvalue weighted by molar-refractivity contribution is 6.60. The quantitative estimate of drug-likeness (QED) is 0.380. The Morgan fingerprint density at radius 2 is 1.85 bits per heavy atom. The van der Waals surface area contributed by atoms with E-state index in [0.717, 1.165) is 6.61 Å².